The average Bonchev–Trinajstić information content (AvgIpc) is 2.55. The maximum Gasteiger partial charge on any atom is 0.0893 e. The molecule has 13 heavy (non-hydrogen) atoms. The van der Waals surface area contributed by atoms with Crippen molar-refractivity contribution in [2.24, 2.45) is 0 Å². The van der Waals surface area contributed by atoms with Crippen LogP contribution in [-0.4, -0.2) is 32.3 Å². The van der Waals surface area contributed by atoms with Gasteiger partial charge in [0.15, 0.2) is 0 Å². The van der Waals surface area contributed by atoms with Gasteiger partial charge in [0.25, 0.3) is 0 Å². The highest BCUT2D eigenvalue weighted by molar-refractivity contribution is 7.84. The Hall–Kier alpha value is -0.330. The lowest BCUT2D eigenvalue weighted by Gasteiger charge is -2.00. The quantitative estimate of drug-likeness (QED) is 0.704. The topological polar surface area (TPSA) is 54.9 Å². The Bertz CT molecular complexity index is 250. The summed E-state index contributed by atoms with van der Waals surface area (Å²) in [5, 5.41) is 9.03. The molecule has 0 aromatic carbocycles. The SMILES string of the molecule is CS(=O)CCCNCc1csnn1. The molecule has 1 atom stereocenters. The van der Waals surface area contributed by atoms with Crippen LogP contribution in [0.1, 0.15) is 12.1 Å². The van der Waals surface area contributed by atoms with Gasteiger partial charge in [0.2, 0.25) is 0 Å². The van der Waals surface area contributed by atoms with Gasteiger partial charge in [-0.25, -0.2) is 0 Å². The van der Waals surface area contributed by atoms with Crippen LogP contribution in [0, 0.1) is 0 Å². The third kappa shape index (κ3) is 5.07. The predicted octanol–water partition coefficient (Wildman–Crippen LogP) is 0.396. The van der Waals surface area contributed by atoms with Gasteiger partial charge in [0.1, 0.15) is 0 Å². The molecule has 74 valence electrons. The molecule has 4 nitrogen and oxygen atoms in total. The van der Waals surface area contributed by atoms with E-state index >= 15 is 0 Å². The summed E-state index contributed by atoms with van der Waals surface area (Å²) in [5.41, 5.74) is 0.975. The molecule has 0 saturated carbocycles. The summed E-state index contributed by atoms with van der Waals surface area (Å²) < 4.78 is 14.5. The summed E-state index contributed by atoms with van der Waals surface area (Å²) in [6.45, 7) is 1.64. The van der Waals surface area contributed by atoms with E-state index in [9.17, 15) is 4.21 Å². The summed E-state index contributed by atoms with van der Waals surface area (Å²) in [4.78, 5) is 0. The lowest BCUT2D eigenvalue weighted by atomic mass is 10.4. The predicted molar refractivity (Wildman–Crippen MR) is 55.2 cm³/mol. The summed E-state index contributed by atoms with van der Waals surface area (Å²) >= 11 is 1.36. The molecule has 0 fully saturated rings. The van der Waals surface area contributed by atoms with E-state index in [0.29, 0.717) is 0 Å². The molecule has 0 spiro atoms. The van der Waals surface area contributed by atoms with Crippen molar-refractivity contribution in [2.75, 3.05) is 18.6 Å². The van der Waals surface area contributed by atoms with E-state index in [0.717, 1.165) is 31.0 Å². The van der Waals surface area contributed by atoms with Gasteiger partial charge in [0, 0.05) is 34.7 Å². The number of aromatic nitrogens is 2. The minimum absolute atomic E-state index is 0.672. The summed E-state index contributed by atoms with van der Waals surface area (Å²) in [6.07, 6.45) is 2.67. The fraction of sp³-hybridized carbons (Fsp3) is 0.714. The minimum Gasteiger partial charge on any atom is -0.311 e. The van der Waals surface area contributed by atoms with Gasteiger partial charge in [-0.3, -0.25) is 4.21 Å². The third-order valence-corrected chi connectivity index (χ3v) is 2.91. The second-order valence-corrected chi connectivity index (χ2v) is 4.87. The van der Waals surface area contributed by atoms with Gasteiger partial charge in [-0.2, -0.15) is 0 Å². The number of nitrogens with one attached hydrogen (secondary N) is 1. The van der Waals surface area contributed by atoms with Crippen LogP contribution in [0.2, 0.25) is 0 Å². The Morgan fingerprint density at radius 1 is 1.69 bits per heavy atom. The molecule has 0 bridgehead atoms. The molecule has 0 aliphatic carbocycles. The molecule has 0 saturated heterocycles. The molecule has 1 N–H and O–H groups in total. The fourth-order valence-electron chi connectivity index (χ4n) is 0.878. The highest BCUT2D eigenvalue weighted by atomic mass is 32.2. The molecule has 0 aliphatic heterocycles. The summed E-state index contributed by atoms with van der Waals surface area (Å²) in [5.74, 6) is 0.766. The van der Waals surface area contributed by atoms with Crippen molar-refractivity contribution in [1.29, 1.82) is 0 Å². The molecule has 0 radical (unpaired) electrons. The van der Waals surface area contributed by atoms with Crippen LogP contribution < -0.4 is 5.32 Å². The Morgan fingerprint density at radius 2 is 2.54 bits per heavy atom. The first-order valence-electron chi connectivity index (χ1n) is 4.05. The van der Waals surface area contributed by atoms with Gasteiger partial charge in [-0.15, -0.1) is 5.10 Å². The number of nitrogens with zero attached hydrogens (tertiary/aromatic N) is 2. The first kappa shape index (κ1) is 10.7. The highest BCUT2D eigenvalue weighted by Gasteiger charge is 1.95. The fourth-order valence-corrected chi connectivity index (χ4v) is 1.88. The maximum atomic E-state index is 10.7. The van der Waals surface area contributed by atoms with E-state index in [1.807, 2.05) is 5.38 Å². The van der Waals surface area contributed by atoms with Crippen LogP contribution in [0.4, 0.5) is 0 Å². The first-order chi connectivity index (χ1) is 6.29. The lowest BCUT2D eigenvalue weighted by Crippen LogP contribution is -2.16. The Morgan fingerprint density at radius 3 is 3.15 bits per heavy atom. The Kier molecular flexibility index (Phi) is 5.10. The zero-order valence-corrected chi connectivity index (χ0v) is 9.16. The number of hydrogen-bond acceptors (Lipinski definition) is 5. The van der Waals surface area contributed by atoms with Gasteiger partial charge >= 0.3 is 0 Å². The normalized spacial score (nSPS) is 13.0. The van der Waals surface area contributed by atoms with Gasteiger partial charge < -0.3 is 5.32 Å². The molecule has 1 heterocycles. The Labute approximate surface area is 84.4 Å². The van der Waals surface area contributed by atoms with E-state index in [4.69, 9.17) is 0 Å². The van der Waals surface area contributed by atoms with Crippen LogP contribution in [0.15, 0.2) is 5.38 Å². The van der Waals surface area contributed by atoms with E-state index in [1.54, 1.807) is 6.26 Å². The van der Waals surface area contributed by atoms with Crippen LogP contribution in [0.3, 0.4) is 0 Å². The molecular weight excluding hydrogens is 206 g/mol. The minimum atomic E-state index is -0.672. The van der Waals surface area contributed by atoms with Crippen LogP contribution in [-0.2, 0) is 17.3 Å². The monoisotopic (exact) mass is 219 g/mol. The first-order valence-corrected chi connectivity index (χ1v) is 6.62. The van der Waals surface area contributed by atoms with Crippen molar-refractivity contribution < 1.29 is 4.21 Å². The van der Waals surface area contributed by atoms with E-state index in [1.165, 1.54) is 11.5 Å². The van der Waals surface area contributed by atoms with Crippen molar-refractivity contribution in [3.05, 3.63) is 11.1 Å². The van der Waals surface area contributed by atoms with Crippen LogP contribution in [0.25, 0.3) is 0 Å². The van der Waals surface area contributed by atoms with Crippen molar-refractivity contribution in [1.82, 2.24) is 14.9 Å². The van der Waals surface area contributed by atoms with Gasteiger partial charge in [0.05, 0.1) is 5.69 Å². The summed E-state index contributed by atoms with van der Waals surface area (Å²) in [7, 11) is -0.672. The van der Waals surface area contributed by atoms with E-state index < -0.39 is 10.8 Å². The summed E-state index contributed by atoms with van der Waals surface area (Å²) in [6, 6.07) is 0. The lowest BCUT2D eigenvalue weighted by molar-refractivity contribution is 0.654. The molecule has 0 amide bonds. The Balaban J connectivity index is 1.99. The second-order valence-electron chi connectivity index (χ2n) is 2.70. The van der Waals surface area contributed by atoms with Crippen LogP contribution in [0.5, 0.6) is 0 Å². The molecule has 0 aliphatic rings. The molecular formula is C7H13N3OS2. The van der Waals surface area contributed by atoms with Crippen LogP contribution >= 0.6 is 11.5 Å². The van der Waals surface area contributed by atoms with Crippen molar-refractivity contribution in [3.8, 4) is 0 Å². The molecule has 6 heteroatoms. The zero-order chi connectivity index (χ0) is 9.52. The zero-order valence-electron chi connectivity index (χ0n) is 7.52. The average molecular weight is 219 g/mol. The second kappa shape index (κ2) is 6.17. The van der Waals surface area contributed by atoms with Crippen molar-refractivity contribution >= 4 is 22.3 Å². The van der Waals surface area contributed by atoms with E-state index in [2.05, 4.69) is 14.9 Å². The van der Waals surface area contributed by atoms with Gasteiger partial charge in [-0.1, -0.05) is 4.49 Å². The smallest absolute Gasteiger partial charge is 0.0893 e. The standard InChI is InChI=1S/C7H13N3OS2/c1-13(11)4-2-3-8-5-7-6-12-10-9-7/h6,8H,2-5H2,1H3. The van der Waals surface area contributed by atoms with Gasteiger partial charge in [-0.05, 0) is 24.5 Å². The molecule has 1 aromatic rings. The largest absolute Gasteiger partial charge is 0.311 e. The molecule has 1 rings (SSSR count). The highest BCUT2D eigenvalue weighted by Crippen LogP contribution is 1.95. The molecule has 1 aromatic heterocycles. The maximum absolute atomic E-state index is 10.7. The number of rotatable bonds is 6. The van der Waals surface area contributed by atoms with Crippen molar-refractivity contribution in [3.63, 3.8) is 0 Å². The number of hydrogen-bond donors (Lipinski definition) is 1. The molecule has 1 unspecified atom stereocenters. The third-order valence-electron chi connectivity index (χ3n) is 1.50. The van der Waals surface area contributed by atoms with Crippen molar-refractivity contribution in [2.45, 2.75) is 13.0 Å². The van der Waals surface area contributed by atoms with E-state index in [-0.39, 0.29) is 0 Å².